The quantitative estimate of drug-likeness (QED) is 0.222. The fraction of sp³-hybridized carbons (Fsp3) is 0.0625. The summed E-state index contributed by atoms with van der Waals surface area (Å²) in [6.07, 6.45) is -0.686. The second kappa shape index (κ2) is 9.02. The van der Waals surface area contributed by atoms with E-state index in [4.69, 9.17) is 30.3 Å². The second-order valence-corrected chi connectivity index (χ2v) is 10.1. The summed E-state index contributed by atoms with van der Waals surface area (Å²) >= 11 is 0. The van der Waals surface area contributed by atoms with Gasteiger partial charge in [0.25, 0.3) is 0 Å². The number of benzene rings is 4. The number of nitrogens with zero attached hydrogens (tertiary/aromatic N) is 6. The molecule has 9 rings (SSSR count). The van der Waals surface area contributed by atoms with Gasteiger partial charge < -0.3 is 30.9 Å². The van der Waals surface area contributed by atoms with Gasteiger partial charge in [0.15, 0.2) is 0 Å². The van der Waals surface area contributed by atoms with Crippen LogP contribution in [0.4, 0.5) is 11.6 Å². The van der Waals surface area contributed by atoms with Crippen molar-refractivity contribution in [2.75, 3.05) is 5.32 Å². The molecule has 0 saturated heterocycles. The maximum Gasteiger partial charge on any atom is 2.00 e. The number of nitrogens with one attached hydrogen (secondary N) is 2. The van der Waals surface area contributed by atoms with Gasteiger partial charge in [-0.05, 0) is 27.5 Å². The Morgan fingerprint density at radius 1 is 0.585 bits per heavy atom. The van der Waals surface area contributed by atoms with Crippen LogP contribution in [0.2, 0.25) is 0 Å². The Kier molecular flexibility index (Phi) is 5.25. The van der Waals surface area contributed by atoms with Crippen molar-refractivity contribution in [3.05, 3.63) is 136 Å². The maximum atomic E-state index is 5.03. The molecule has 5 heterocycles. The summed E-state index contributed by atoms with van der Waals surface area (Å²) in [7, 11) is 0. The van der Waals surface area contributed by atoms with Crippen LogP contribution in [-0.2, 0) is 17.1 Å². The Morgan fingerprint density at radius 3 is 2.12 bits per heavy atom. The predicted octanol–water partition coefficient (Wildman–Crippen LogP) is 5.94. The van der Waals surface area contributed by atoms with Crippen LogP contribution in [0, 0.1) is 0 Å². The molecular formula is C32H20CuN8. The van der Waals surface area contributed by atoms with E-state index in [1.165, 1.54) is 0 Å². The van der Waals surface area contributed by atoms with Crippen LogP contribution in [0.25, 0.3) is 16.1 Å². The average molecular weight is 580 g/mol. The zero-order valence-electron chi connectivity index (χ0n) is 21.4. The first kappa shape index (κ1) is 23.9. The largest absolute Gasteiger partial charge is 2.00 e. The summed E-state index contributed by atoms with van der Waals surface area (Å²) in [6.45, 7) is 0. The van der Waals surface area contributed by atoms with Crippen LogP contribution >= 0.6 is 0 Å². The second-order valence-electron chi connectivity index (χ2n) is 10.1. The Morgan fingerprint density at radius 2 is 1.27 bits per heavy atom. The third-order valence-corrected chi connectivity index (χ3v) is 7.75. The zero-order chi connectivity index (χ0) is 26.2. The van der Waals surface area contributed by atoms with E-state index in [0.29, 0.717) is 23.3 Å². The maximum absolute atomic E-state index is 5.03. The monoisotopic (exact) mass is 579 g/mol. The summed E-state index contributed by atoms with van der Waals surface area (Å²) in [4.78, 5) is 25.0. The summed E-state index contributed by atoms with van der Waals surface area (Å²) in [5.74, 6) is 3.98. The molecule has 0 saturated carbocycles. The minimum absolute atomic E-state index is 0. The van der Waals surface area contributed by atoms with Crippen LogP contribution in [-0.4, -0.2) is 23.3 Å². The molecule has 199 valence electrons. The molecule has 1 radical (unpaired) electrons. The summed E-state index contributed by atoms with van der Waals surface area (Å²) < 4.78 is 0. The number of hydrogen-bond acceptors (Lipinski definition) is 6. The van der Waals surface area contributed by atoms with Crippen molar-refractivity contribution in [2.45, 2.75) is 12.3 Å². The van der Waals surface area contributed by atoms with Crippen molar-refractivity contribution in [3.8, 4) is 0 Å². The number of hydrogen-bond donors (Lipinski definition) is 2. The Bertz CT molecular complexity index is 2020. The van der Waals surface area contributed by atoms with Gasteiger partial charge in [-0.25, -0.2) is 4.99 Å². The molecule has 1 aromatic heterocycles. The van der Waals surface area contributed by atoms with Gasteiger partial charge in [0.1, 0.15) is 12.0 Å². The van der Waals surface area contributed by atoms with Gasteiger partial charge in [0.2, 0.25) is 0 Å². The third-order valence-electron chi connectivity index (χ3n) is 7.75. The van der Waals surface area contributed by atoms with E-state index < -0.39 is 0 Å². The number of aromatic nitrogens is 1. The van der Waals surface area contributed by atoms with Crippen molar-refractivity contribution in [1.29, 1.82) is 0 Å². The molecule has 0 aliphatic carbocycles. The van der Waals surface area contributed by atoms with Crippen LogP contribution in [0.3, 0.4) is 0 Å². The van der Waals surface area contributed by atoms with Crippen molar-refractivity contribution >= 4 is 45.8 Å². The number of anilines is 1. The number of rotatable bonds is 0. The van der Waals surface area contributed by atoms with Gasteiger partial charge in [-0.3, -0.25) is 4.99 Å². The minimum Gasteiger partial charge on any atom is -0.440 e. The molecule has 0 spiro atoms. The first-order chi connectivity index (χ1) is 19.8. The molecule has 9 heteroatoms. The van der Waals surface area contributed by atoms with Gasteiger partial charge in [0.05, 0.1) is 17.8 Å². The van der Waals surface area contributed by atoms with Gasteiger partial charge in [-0.2, -0.15) is 0 Å². The molecule has 2 atom stereocenters. The first-order valence-electron chi connectivity index (χ1n) is 13.2. The van der Waals surface area contributed by atoms with Crippen molar-refractivity contribution in [2.24, 2.45) is 20.0 Å². The topological polar surface area (TPSA) is 102 Å². The molecule has 4 aromatic carbocycles. The molecule has 4 aliphatic heterocycles. The molecule has 2 N–H and O–H groups in total. The van der Waals surface area contributed by atoms with Crippen LogP contribution < -0.4 is 15.6 Å². The summed E-state index contributed by atoms with van der Waals surface area (Å²) in [5, 5.41) is 14.1. The molecular weight excluding hydrogens is 560 g/mol. The van der Waals surface area contributed by atoms with Crippen LogP contribution in [0.15, 0.2) is 117 Å². The molecule has 8 bridgehead atoms. The Hall–Kier alpha value is -4.98. The molecule has 41 heavy (non-hydrogen) atoms. The van der Waals surface area contributed by atoms with Crippen molar-refractivity contribution in [3.63, 3.8) is 0 Å². The van der Waals surface area contributed by atoms with E-state index in [2.05, 4.69) is 47.0 Å². The standard InChI is InChI=1S/C32H20N8.Cu/c1-2-10-18-17(9-1)25-33-26(18)38-28-21-13-5-6-14-22(21)30(35-28)40-32-24-16-8-7-15-23(24)31(36-32)39-29-20-12-4-3-11-19(20)27(34-29)37-25;/h1-16,25,30,37H,(H-,33,35,36,38,39,40);/q-2;+2. The molecule has 0 amide bonds. The minimum atomic E-state index is -0.343. The SMILES string of the molecule is [Cu+2].c1ccc2c(c1)C1=N/C2=N\c2[n-]c(c3ccccc23)NC2N=C(N=C3[N-]C(N1)c1ccccc13)c1ccccc12. The molecule has 5 aromatic rings. The van der Waals surface area contributed by atoms with Crippen LogP contribution in [0.1, 0.15) is 45.7 Å². The molecule has 2 unspecified atom stereocenters. The van der Waals surface area contributed by atoms with E-state index in [9.17, 15) is 0 Å². The normalized spacial score (nSPS) is 20.5. The molecule has 8 nitrogen and oxygen atoms in total. The first-order valence-corrected chi connectivity index (χ1v) is 13.2. The van der Waals surface area contributed by atoms with Crippen molar-refractivity contribution in [1.82, 2.24) is 10.3 Å². The van der Waals surface area contributed by atoms with Gasteiger partial charge >= 0.3 is 17.1 Å². The predicted molar refractivity (Wildman–Crippen MR) is 158 cm³/mol. The van der Waals surface area contributed by atoms with E-state index in [-0.39, 0.29) is 29.4 Å². The molecule has 4 aliphatic rings. The van der Waals surface area contributed by atoms with Crippen LogP contribution in [0.5, 0.6) is 0 Å². The Labute approximate surface area is 245 Å². The van der Waals surface area contributed by atoms with Gasteiger partial charge in [0, 0.05) is 28.3 Å². The number of aliphatic imine (C=N–C) groups is 4. The van der Waals surface area contributed by atoms with Gasteiger partial charge in [-0.15, -0.1) is 0 Å². The summed E-state index contributed by atoms with van der Waals surface area (Å²) in [5.41, 5.74) is 5.99. The fourth-order valence-corrected chi connectivity index (χ4v) is 5.87. The van der Waals surface area contributed by atoms with Crippen molar-refractivity contribution < 1.29 is 17.1 Å². The van der Waals surface area contributed by atoms with E-state index in [1.54, 1.807) is 0 Å². The summed E-state index contributed by atoms with van der Waals surface area (Å²) in [6, 6.07) is 32.6. The smallest absolute Gasteiger partial charge is 0.440 e. The fourth-order valence-electron chi connectivity index (χ4n) is 5.87. The van der Waals surface area contributed by atoms with E-state index >= 15 is 0 Å². The van der Waals surface area contributed by atoms with E-state index in [1.807, 2.05) is 60.7 Å². The Balaban J connectivity index is 0.00000256. The number of fused-ring (bicyclic) bond motifs is 18. The third kappa shape index (κ3) is 3.60. The van der Waals surface area contributed by atoms with Gasteiger partial charge in [-0.1, -0.05) is 103 Å². The number of amidine groups is 4. The zero-order valence-corrected chi connectivity index (χ0v) is 22.3. The molecule has 0 fully saturated rings. The van der Waals surface area contributed by atoms with E-state index in [0.717, 1.165) is 55.8 Å². The average Bonchev–Trinajstić information content (AvgIpc) is 3.73.